The van der Waals surface area contributed by atoms with Gasteiger partial charge < -0.3 is 14.2 Å². The fourth-order valence-electron chi connectivity index (χ4n) is 2.84. The number of hydrogen-bond donors (Lipinski definition) is 0. The number of nitrogens with zero attached hydrogens (tertiary/aromatic N) is 4. The lowest BCUT2D eigenvalue weighted by Crippen LogP contribution is -2.36. The van der Waals surface area contributed by atoms with Crippen LogP contribution in [0.4, 0.5) is 0 Å². The molecule has 3 aromatic rings. The summed E-state index contributed by atoms with van der Waals surface area (Å²) in [5, 5.41) is 0. The minimum absolute atomic E-state index is 0.0344. The lowest BCUT2D eigenvalue weighted by molar-refractivity contribution is -0.133. The number of amides is 1. The second kappa shape index (κ2) is 8.40. The fraction of sp³-hybridized carbons (Fsp3) is 0.250. The van der Waals surface area contributed by atoms with E-state index in [2.05, 4.69) is 9.97 Å². The molecule has 2 heterocycles. The molecule has 3 rings (SSSR count). The van der Waals surface area contributed by atoms with Gasteiger partial charge in [-0.25, -0.2) is 4.98 Å². The van der Waals surface area contributed by atoms with Crippen LogP contribution >= 0.6 is 0 Å². The first-order valence-electron chi connectivity index (χ1n) is 8.42. The first kappa shape index (κ1) is 17.8. The van der Waals surface area contributed by atoms with Gasteiger partial charge in [-0.2, -0.15) is 0 Å². The van der Waals surface area contributed by atoms with Crippen LogP contribution in [0.5, 0.6) is 0 Å². The third-order valence-corrected chi connectivity index (χ3v) is 4.27. The van der Waals surface area contributed by atoms with Crippen molar-refractivity contribution in [1.82, 2.24) is 19.4 Å². The second-order valence-corrected chi connectivity index (χ2v) is 5.98. The summed E-state index contributed by atoms with van der Waals surface area (Å²) in [4.78, 5) is 23.3. The third-order valence-electron chi connectivity index (χ3n) is 4.27. The van der Waals surface area contributed by atoms with Gasteiger partial charge in [-0.05, 0) is 12.1 Å². The molecule has 0 unspecified atom stereocenters. The standard InChI is InChI=1S/C20H22N4O2/c1-23(18(15-26-2)17-10-6-7-11-21-17)19(25)14-24-13-12-22-20(24)16-8-4-3-5-9-16/h3-13,18H,14-15H2,1-2H3/t18-/m1/s1. The Balaban J connectivity index is 1.78. The molecule has 0 radical (unpaired) electrons. The van der Waals surface area contributed by atoms with E-state index < -0.39 is 0 Å². The van der Waals surface area contributed by atoms with Crippen molar-refractivity contribution < 1.29 is 9.53 Å². The van der Waals surface area contributed by atoms with Crippen LogP contribution in [0.3, 0.4) is 0 Å². The molecular weight excluding hydrogens is 328 g/mol. The molecule has 0 bridgehead atoms. The molecule has 0 saturated carbocycles. The largest absolute Gasteiger partial charge is 0.382 e. The van der Waals surface area contributed by atoms with E-state index in [1.807, 2.05) is 59.3 Å². The van der Waals surface area contributed by atoms with E-state index in [-0.39, 0.29) is 18.5 Å². The van der Waals surface area contributed by atoms with Gasteiger partial charge in [0.2, 0.25) is 5.91 Å². The van der Waals surface area contributed by atoms with Crippen molar-refractivity contribution in [2.75, 3.05) is 20.8 Å². The Labute approximate surface area is 153 Å². The summed E-state index contributed by atoms with van der Waals surface area (Å²) in [6, 6.07) is 15.3. The molecule has 0 N–H and O–H groups in total. The lowest BCUT2D eigenvalue weighted by Gasteiger charge is -2.27. The highest BCUT2D eigenvalue weighted by Gasteiger charge is 2.23. The van der Waals surface area contributed by atoms with E-state index in [1.54, 1.807) is 31.5 Å². The highest BCUT2D eigenvalue weighted by Crippen LogP contribution is 2.20. The zero-order valence-corrected chi connectivity index (χ0v) is 14.9. The predicted octanol–water partition coefficient (Wildman–Crippen LogP) is 2.79. The zero-order chi connectivity index (χ0) is 18.4. The monoisotopic (exact) mass is 350 g/mol. The van der Waals surface area contributed by atoms with Crippen molar-refractivity contribution in [2.24, 2.45) is 0 Å². The smallest absolute Gasteiger partial charge is 0.242 e. The molecule has 0 aliphatic carbocycles. The number of carbonyl (C=O) groups excluding carboxylic acids is 1. The van der Waals surface area contributed by atoms with Crippen LogP contribution in [0.15, 0.2) is 67.1 Å². The molecule has 6 heteroatoms. The van der Waals surface area contributed by atoms with E-state index in [0.717, 1.165) is 17.1 Å². The zero-order valence-electron chi connectivity index (χ0n) is 14.9. The summed E-state index contributed by atoms with van der Waals surface area (Å²) in [5.74, 6) is 0.737. The average Bonchev–Trinajstić information content (AvgIpc) is 3.15. The van der Waals surface area contributed by atoms with Crippen molar-refractivity contribution in [1.29, 1.82) is 0 Å². The Morgan fingerprint density at radius 2 is 1.88 bits per heavy atom. The maximum atomic E-state index is 12.9. The summed E-state index contributed by atoms with van der Waals surface area (Å²) >= 11 is 0. The van der Waals surface area contributed by atoms with Crippen LogP contribution in [-0.4, -0.2) is 46.1 Å². The summed E-state index contributed by atoms with van der Waals surface area (Å²) in [6.45, 7) is 0.586. The van der Waals surface area contributed by atoms with Gasteiger partial charge in [-0.15, -0.1) is 0 Å². The molecule has 1 aromatic carbocycles. The number of rotatable bonds is 7. The minimum Gasteiger partial charge on any atom is -0.382 e. The Bertz CT molecular complexity index is 833. The van der Waals surface area contributed by atoms with Crippen molar-refractivity contribution in [3.8, 4) is 11.4 Å². The molecule has 6 nitrogen and oxygen atoms in total. The van der Waals surface area contributed by atoms with Gasteiger partial charge >= 0.3 is 0 Å². The summed E-state index contributed by atoms with van der Waals surface area (Å²) in [6.07, 6.45) is 5.25. The van der Waals surface area contributed by atoms with Crippen molar-refractivity contribution in [2.45, 2.75) is 12.6 Å². The fourth-order valence-corrected chi connectivity index (χ4v) is 2.84. The molecule has 26 heavy (non-hydrogen) atoms. The van der Waals surface area contributed by atoms with Crippen LogP contribution in [-0.2, 0) is 16.1 Å². The van der Waals surface area contributed by atoms with Crippen LogP contribution < -0.4 is 0 Å². The molecule has 0 saturated heterocycles. The molecule has 134 valence electrons. The molecule has 0 aliphatic heterocycles. The number of aromatic nitrogens is 3. The van der Waals surface area contributed by atoms with E-state index in [4.69, 9.17) is 4.74 Å². The number of carbonyl (C=O) groups is 1. The average molecular weight is 350 g/mol. The van der Waals surface area contributed by atoms with Crippen molar-refractivity contribution in [3.63, 3.8) is 0 Å². The van der Waals surface area contributed by atoms with Gasteiger partial charge in [0.25, 0.3) is 0 Å². The Kier molecular flexibility index (Phi) is 5.76. The van der Waals surface area contributed by atoms with E-state index in [1.165, 1.54) is 0 Å². The third kappa shape index (κ3) is 3.97. The normalized spacial score (nSPS) is 11.9. The van der Waals surface area contributed by atoms with Crippen molar-refractivity contribution >= 4 is 5.91 Å². The Hall–Kier alpha value is -2.99. The highest BCUT2D eigenvalue weighted by molar-refractivity contribution is 5.77. The Morgan fingerprint density at radius 3 is 2.58 bits per heavy atom. The predicted molar refractivity (Wildman–Crippen MR) is 99.3 cm³/mol. The summed E-state index contributed by atoms with van der Waals surface area (Å²) < 4.78 is 7.16. The molecule has 0 spiro atoms. The van der Waals surface area contributed by atoms with Gasteiger partial charge in [-0.3, -0.25) is 9.78 Å². The number of likely N-dealkylation sites (N-methyl/N-ethyl adjacent to an activating group) is 1. The van der Waals surface area contributed by atoms with Gasteiger partial charge in [0.15, 0.2) is 0 Å². The van der Waals surface area contributed by atoms with Crippen LogP contribution in [0.2, 0.25) is 0 Å². The minimum atomic E-state index is -0.239. The van der Waals surface area contributed by atoms with Gasteiger partial charge in [0, 0.05) is 38.3 Å². The number of benzene rings is 1. The quantitative estimate of drug-likeness (QED) is 0.657. The first-order chi connectivity index (χ1) is 12.7. The summed E-state index contributed by atoms with van der Waals surface area (Å²) in [7, 11) is 3.40. The van der Waals surface area contributed by atoms with E-state index >= 15 is 0 Å². The Morgan fingerprint density at radius 1 is 1.12 bits per heavy atom. The SMILES string of the molecule is COC[C@H](c1ccccn1)N(C)C(=O)Cn1ccnc1-c1ccccc1. The molecule has 1 amide bonds. The summed E-state index contributed by atoms with van der Waals surface area (Å²) in [5.41, 5.74) is 1.78. The van der Waals surface area contributed by atoms with E-state index in [0.29, 0.717) is 6.61 Å². The molecule has 1 atom stereocenters. The number of imidazole rings is 1. The number of methoxy groups -OCH3 is 1. The van der Waals surface area contributed by atoms with E-state index in [9.17, 15) is 4.79 Å². The number of hydrogen-bond acceptors (Lipinski definition) is 4. The van der Waals surface area contributed by atoms with Gasteiger partial charge in [0.1, 0.15) is 12.4 Å². The number of pyridine rings is 1. The maximum Gasteiger partial charge on any atom is 0.242 e. The van der Waals surface area contributed by atoms with Gasteiger partial charge in [0.05, 0.1) is 18.3 Å². The molecule has 2 aromatic heterocycles. The van der Waals surface area contributed by atoms with Gasteiger partial charge in [-0.1, -0.05) is 36.4 Å². The molecule has 0 aliphatic rings. The highest BCUT2D eigenvalue weighted by atomic mass is 16.5. The maximum absolute atomic E-state index is 12.9. The van der Waals surface area contributed by atoms with Crippen LogP contribution in [0.1, 0.15) is 11.7 Å². The topological polar surface area (TPSA) is 60.2 Å². The second-order valence-electron chi connectivity index (χ2n) is 5.98. The molecule has 0 fully saturated rings. The van der Waals surface area contributed by atoms with Crippen molar-refractivity contribution in [3.05, 3.63) is 72.8 Å². The number of ether oxygens (including phenoxy) is 1. The first-order valence-corrected chi connectivity index (χ1v) is 8.42. The van der Waals surface area contributed by atoms with Crippen LogP contribution in [0.25, 0.3) is 11.4 Å². The molecular formula is C20H22N4O2. The lowest BCUT2D eigenvalue weighted by atomic mass is 10.1. The van der Waals surface area contributed by atoms with Crippen LogP contribution in [0, 0.1) is 0 Å².